The van der Waals surface area contributed by atoms with Gasteiger partial charge in [0.05, 0.1) is 12.6 Å². The van der Waals surface area contributed by atoms with Crippen LogP contribution in [0.25, 0.3) is 0 Å². The highest BCUT2D eigenvalue weighted by Gasteiger charge is 2.23. The molecule has 0 atom stereocenters. The molecule has 8 nitrogen and oxygen atoms in total. The zero-order valence-electron chi connectivity index (χ0n) is 13.4. The van der Waals surface area contributed by atoms with Crippen molar-refractivity contribution >= 4 is 11.9 Å². The molecule has 2 aromatic rings. The molecule has 0 aliphatic carbocycles. The second kappa shape index (κ2) is 7.08. The summed E-state index contributed by atoms with van der Waals surface area (Å²) in [5.41, 5.74) is 1.20. The predicted molar refractivity (Wildman–Crippen MR) is 81.0 cm³/mol. The Morgan fingerprint density at radius 1 is 1.43 bits per heavy atom. The molecule has 1 amide bonds. The first kappa shape index (κ1) is 16.7. The standard InChI is InChI=1S/C15H20N4O4/c1-10(2)19(5-4-14(20)21)15(22)13-6-12(23-17-13)9-18-8-11(3)7-16-18/h6-8,10H,4-5,9H2,1-3H3,(H,20,21). The topological polar surface area (TPSA) is 101 Å². The van der Waals surface area contributed by atoms with Crippen molar-refractivity contribution in [1.29, 1.82) is 0 Å². The summed E-state index contributed by atoms with van der Waals surface area (Å²) < 4.78 is 6.87. The molecule has 8 heteroatoms. The first-order valence-corrected chi connectivity index (χ1v) is 7.34. The molecule has 0 bridgehead atoms. The Morgan fingerprint density at radius 2 is 2.17 bits per heavy atom. The number of carboxylic acid groups (broad SMARTS) is 1. The molecule has 0 aromatic carbocycles. The molecule has 2 heterocycles. The third kappa shape index (κ3) is 4.41. The molecule has 0 unspecified atom stereocenters. The molecule has 0 aliphatic rings. The third-order valence-electron chi connectivity index (χ3n) is 3.31. The summed E-state index contributed by atoms with van der Waals surface area (Å²) in [5.74, 6) is -0.773. The van der Waals surface area contributed by atoms with Crippen LogP contribution in [0.2, 0.25) is 0 Å². The molecular formula is C15H20N4O4. The minimum Gasteiger partial charge on any atom is -0.481 e. The molecule has 23 heavy (non-hydrogen) atoms. The van der Waals surface area contributed by atoms with Gasteiger partial charge in [-0.25, -0.2) is 0 Å². The normalized spacial score (nSPS) is 11.0. The van der Waals surface area contributed by atoms with E-state index in [2.05, 4.69) is 10.3 Å². The summed E-state index contributed by atoms with van der Waals surface area (Å²) in [6.45, 7) is 6.10. The van der Waals surface area contributed by atoms with Gasteiger partial charge in [-0.05, 0) is 26.3 Å². The number of hydrogen-bond acceptors (Lipinski definition) is 5. The Kier molecular flexibility index (Phi) is 5.15. The van der Waals surface area contributed by atoms with Gasteiger partial charge in [-0.15, -0.1) is 0 Å². The molecule has 0 aliphatic heterocycles. The summed E-state index contributed by atoms with van der Waals surface area (Å²) in [6.07, 6.45) is 3.48. The minimum absolute atomic E-state index is 0.110. The van der Waals surface area contributed by atoms with Gasteiger partial charge in [0.1, 0.15) is 6.54 Å². The highest BCUT2D eigenvalue weighted by Crippen LogP contribution is 2.12. The second-order valence-electron chi connectivity index (χ2n) is 5.63. The van der Waals surface area contributed by atoms with Crippen LogP contribution < -0.4 is 0 Å². The number of carbonyl (C=O) groups is 2. The van der Waals surface area contributed by atoms with Gasteiger partial charge in [-0.2, -0.15) is 5.10 Å². The number of carboxylic acids is 1. The Hall–Kier alpha value is -2.64. The van der Waals surface area contributed by atoms with Gasteiger partial charge in [0.15, 0.2) is 11.5 Å². The first-order valence-electron chi connectivity index (χ1n) is 7.34. The van der Waals surface area contributed by atoms with Gasteiger partial charge in [-0.1, -0.05) is 5.16 Å². The molecule has 0 radical (unpaired) electrons. The number of amides is 1. The number of carbonyl (C=O) groups excluding carboxylic acids is 1. The number of hydrogen-bond donors (Lipinski definition) is 1. The smallest absolute Gasteiger partial charge is 0.305 e. The van der Waals surface area contributed by atoms with Crippen LogP contribution in [0.5, 0.6) is 0 Å². The van der Waals surface area contributed by atoms with Gasteiger partial charge in [0.2, 0.25) is 0 Å². The number of nitrogens with zero attached hydrogens (tertiary/aromatic N) is 4. The van der Waals surface area contributed by atoms with Gasteiger partial charge < -0.3 is 14.5 Å². The maximum atomic E-state index is 12.5. The van der Waals surface area contributed by atoms with Gasteiger partial charge in [-0.3, -0.25) is 14.3 Å². The lowest BCUT2D eigenvalue weighted by Crippen LogP contribution is -2.38. The van der Waals surface area contributed by atoms with E-state index in [0.29, 0.717) is 12.3 Å². The van der Waals surface area contributed by atoms with Crippen LogP contribution in [0.15, 0.2) is 23.0 Å². The van der Waals surface area contributed by atoms with Crippen LogP contribution in [0.4, 0.5) is 0 Å². The summed E-state index contributed by atoms with van der Waals surface area (Å²) in [5, 5.41) is 16.7. The fourth-order valence-electron chi connectivity index (χ4n) is 2.16. The van der Waals surface area contributed by atoms with E-state index in [4.69, 9.17) is 9.63 Å². The molecule has 0 saturated heterocycles. The second-order valence-corrected chi connectivity index (χ2v) is 5.63. The van der Waals surface area contributed by atoms with Crippen molar-refractivity contribution in [3.05, 3.63) is 35.5 Å². The quantitative estimate of drug-likeness (QED) is 0.830. The van der Waals surface area contributed by atoms with Crippen LogP contribution >= 0.6 is 0 Å². The van der Waals surface area contributed by atoms with Crippen molar-refractivity contribution in [2.24, 2.45) is 0 Å². The zero-order chi connectivity index (χ0) is 17.0. The molecule has 2 rings (SSSR count). The molecular weight excluding hydrogens is 300 g/mol. The van der Waals surface area contributed by atoms with Gasteiger partial charge in [0, 0.05) is 24.8 Å². The van der Waals surface area contributed by atoms with E-state index >= 15 is 0 Å². The Balaban J connectivity index is 2.07. The van der Waals surface area contributed by atoms with Crippen molar-refractivity contribution in [3.8, 4) is 0 Å². The van der Waals surface area contributed by atoms with E-state index in [0.717, 1.165) is 5.56 Å². The van der Waals surface area contributed by atoms with E-state index in [9.17, 15) is 9.59 Å². The Labute approximate surface area is 133 Å². The minimum atomic E-state index is -0.946. The van der Waals surface area contributed by atoms with Crippen LogP contribution in [0.3, 0.4) is 0 Å². The van der Waals surface area contributed by atoms with Crippen molar-refractivity contribution in [1.82, 2.24) is 19.8 Å². The first-order chi connectivity index (χ1) is 10.9. The van der Waals surface area contributed by atoms with Crippen molar-refractivity contribution in [2.45, 2.75) is 39.8 Å². The lowest BCUT2D eigenvalue weighted by molar-refractivity contribution is -0.137. The predicted octanol–water partition coefficient (Wildman–Crippen LogP) is 1.55. The maximum Gasteiger partial charge on any atom is 0.305 e. The van der Waals surface area contributed by atoms with Crippen molar-refractivity contribution in [3.63, 3.8) is 0 Å². The maximum absolute atomic E-state index is 12.5. The molecule has 0 spiro atoms. The van der Waals surface area contributed by atoms with E-state index < -0.39 is 5.97 Å². The molecule has 0 fully saturated rings. The number of aliphatic carboxylic acids is 1. The molecule has 1 N–H and O–H groups in total. The largest absolute Gasteiger partial charge is 0.481 e. The lowest BCUT2D eigenvalue weighted by atomic mass is 10.2. The van der Waals surface area contributed by atoms with Crippen LogP contribution in [0, 0.1) is 6.92 Å². The fourth-order valence-corrected chi connectivity index (χ4v) is 2.16. The van der Waals surface area contributed by atoms with E-state index in [1.165, 1.54) is 4.90 Å². The summed E-state index contributed by atoms with van der Waals surface area (Å²) >= 11 is 0. The highest BCUT2D eigenvalue weighted by atomic mass is 16.5. The number of rotatable bonds is 7. The SMILES string of the molecule is Cc1cnn(Cc2cc(C(=O)N(CCC(=O)O)C(C)C)no2)c1. The zero-order valence-corrected chi connectivity index (χ0v) is 13.4. The molecule has 0 saturated carbocycles. The molecule has 2 aromatic heterocycles. The van der Waals surface area contributed by atoms with Crippen molar-refractivity contribution < 1.29 is 19.2 Å². The van der Waals surface area contributed by atoms with E-state index in [1.54, 1.807) is 16.9 Å². The number of aromatic nitrogens is 3. The van der Waals surface area contributed by atoms with E-state index in [1.807, 2.05) is 27.0 Å². The van der Waals surface area contributed by atoms with Crippen LogP contribution in [0.1, 0.15) is 42.1 Å². The van der Waals surface area contributed by atoms with Gasteiger partial charge in [0.25, 0.3) is 5.91 Å². The van der Waals surface area contributed by atoms with E-state index in [-0.39, 0.29) is 30.6 Å². The van der Waals surface area contributed by atoms with Crippen LogP contribution in [-0.4, -0.2) is 49.4 Å². The average molecular weight is 320 g/mol. The van der Waals surface area contributed by atoms with Gasteiger partial charge >= 0.3 is 5.97 Å². The summed E-state index contributed by atoms with van der Waals surface area (Å²) in [4.78, 5) is 24.6. The van der Waals surface area contributed by atoms with Crippen LogP contribution in [-0.2, 0) is 11.3 Å². The average Bonchev–Trinajstić information content (AvgIpc) is 3.08. The lowest BCUT2D eigenvalue weighted by Gasteiger charge is -2.24. The Bertz CT molecular complexity index is 689. The summed E-state index contributed by atoms with van der Waals surface area (Å²) in [6, 6.07) is 1.44. The summed E-state index contributed by atoms with van der Waals surface area (Å²) in [7, 11) is 0. The fraction of sp³-hybridized carbons (Fsp3) is 0.467. The third-order valence-corrected chi connectivity index (χ3v) is 3.31. The molecule has 124 valence electrons. The highest BCUT2D eigenvalue weighted by molar-refractivity contribution is 5.92. The monoisotopic (exact) mass is 320 g/mol. The van der Waals surface area contributed by atoms with Crippen molar-refractivity contribution in [2.75, 3.05) is 6.54 Å². The number of aryl methyl sites for hydroxylation is 1. The Morgan fingerprint density at radius 3 is 2.74 bits per heavy atom.